The molecule has 0 amide bonds. The Bertz CT molecular complexity index is 778. The van der Waals surface area contributed by atoms with Gasteiger partial charge < -0.3 is 10.6 Å². The third-order valence-electron chi connectivity index (χ3n) is 3.97. The molecule has 3 nitrogen and oxygen atoms in total. The lowest BCUT2D eigenvalue weighted by Gasteiger charge is -2.31. The first kappa shape index (κ1) is 11.7. The number of thiophene rings is 1. The van der Waals surface area contributed by atoms with E-state index in [1.54, 1.807) is 11.3 Å². The Balaban J connectivity index is 1.78. The summed E-state index contributed by atoms with van der Waals surface area (Å²) in [5.74, 6) is 1.08. The number of nitrogens with zero attached hydrogens (tertiary/aromatic N) is 2. The van der Waals surface area contributed by atoms with Crippen molar-refractivity contribution in [2.24, 2.45) is 0 Å². The van der Waals surface area contributed by atoms with Crippen molar-refractivity contribution in [3.63, 3.8) is 0 Å². The normalized spacial score (nSPS) is 14.5. The lowest BCUT2D eigenvalue weighted by Crippen LogP contribution is -2.31. The third-order valence-corrected chi connectivity index (χ3v) is 4.85. The largest absolute Gasteiger partial charge is 0.398 e. The van der Waals surface area contributed by atoms with E-state index >= 15 is 0 Å². The van der Waals surface area contributed by atoms with Gasteiger partial charge in [0, 0.05) is 35.1 Å². The van der Waals surface area contributed by atoms with Gasteiger partial charge in [0.05, 0.1) is 0 Å². The number of hydrogen-bond donors (Lipinski definition) is 1. The number of rotatable bonds is 1. The minimum absolute atomic E-state index is 0.851. The number of hydrogen-bond acceptors (Lipinski definition) is 4. The van der Waals surface area contributed by atoms with Crippen LogP contribution < -0.4 is 10.6 Å². The van der Waals surface area contributed by atoms with Gasteiger partial charge in [0.25, 0.3) is 0 Å². The van der Waals surface area contributed by atoms with Crippen molar-refractivity contribution >= 4 is 32.9 Å². The molecule has 0 aliphatic carbocycles. The molecule has 0 fully saturated rings. The van der Waals surface area contributed by atoms with Crippen LogP contribution in [0.4, 0.5) is 11.5 Å². The molecule has 4 rings (SSSR count). The first-order valence-corrected chi connectivity index (χ1v) is 7.64. The summed E-state index contributed by atoms with van der Waals surface area (Å²) >= 11 is 1.76. The van der Waals surface area contributed by atoms with Crippen molar-refractivity contribution in [2.75, 3.05) is 17.2 Å². The molecule has 0 unspecified atom stereocenters. The number of aromatic nitrogens is 1. The molecule has 0 bridgehead atoms. The van der Waals surface area contributed by atoms with E-state index in [1.165, 1.54) is 21.2 Å². The highest BCUT2D eigenvalue weighted by Crippen LogP contribution is 2.32. The highest BCUT2D eigenvalue weighted by Gasteiger charge is 2.20. The molecule has 1 aliphatic heterocycles. The number of nitrogen functional groups attached to an aromatic ring is 1. The van der Waals surface area contributed by atoms with Crippen molar-refractivity contribution in [3.8, 4) is 0 Å². The molecule has 1 aliphatic rings. The van der Waals surface area contributed by atoms with Crippen molar-refractivity contribution in [1.82, 2.24) is 4.98 Å². The highest BCUT2D eigenvalue weighted by molar-refractivity contribution is 7.17. The summed E-state index contributed by atoms with van der Waals surface area (Å²) in [4.78, 5) is 6.94. The summed E-state index contributed by atoms with van der Waals surface area (Å²) in [6.45, 7) is 1.85. The highest BCUT2D eigenvalue weighted by atomic mass is 32.1. The van der Waals surface area contributed by atoms with Gasteiger partial charge in [-0.05, 0) is 41.1 Å². The van der Waals surface area contributed by atoms with Crippen LogP contribution in [-0.4, -0.2) is 11.5 Å². The fourth-order valence-electron chi connectivity index (χ4n) is 2.92. The SMILES string of the molecule is Nc1cccc2c1CN(c1nccc3sccc13)CC2. The van der Waals surface area contributed by atoms with Crippen molar-refractivity contribution in [1.29, 1.82) is 0 Å². The zero-order chi connectivity index (χ0) is 13.5. The molecule has 1 aromatic carbocycles. The first-order valence-electron chi connectivity index (χ1n) is 6.76. The van der Waals surface area contributed by atoms with Crippen LogP contribution in [-0.2, 0) is 13.0 Å². The summed E-state index contributed by atoms with van der Waals surface area (Å²) < 4.78 is 1.29. The smallest absolute Gasteiger partial charge is 0.137 e. The van der Waals surface area contributed by atoms with Gasteiger partial charge in [-0.25, -0.2) is 4.98 Å². The van der Waals surface area contributed by atoms with Crippen LogP contribution in [0.2, 0.25) is 0 Å². The Morgan fingerprint density at radius 3 is 3.10 bits per heavy atom. The van der Waals surface area contributed by atoms with E-state index in [9.17, 15) is 0 Å². The Morgan fingerprint density at radius 1 is 1.20 bits per heavy atom. The Labute approximate surface area is 121 Å². The van der Waals surface area contributed by atoms with Gasteiger partial charge in [-0.15, -0.1) is 11.3 Å². The molecular weight excluding hydrogens is 266 g/mol. The topological polar surface area (TPSA) is 42.1 Å². The molecule has 20 heavy (non-hydrogen) atoms. The van der Waals surface area contributed by atoms with E-state index in [0.29, 0.717) is 0 Å². The van der Waals surface area contributed by atoms with Crippen LogP contribution in [0, 0.1) is 0 Å². The lowest BCUT2D eigenvalue weighted by molar-refractivity contribution is 0.726. The van der Waals surface area contributed by atoms with Gasteiger partial charge >= 0.3 is 0 Å². The molecule has 2 N–H and O–H groups in total. The summed E-state index contributed by atoms with van der Waals surface area (Å²) in [5, 5.41) is 3.37. The van der Waals surface area contributed by atoms with E-state index in [2.05, 4.69) is 33.5 Å². The van der Waals surface area contributed by atoms with Crippen LogP contribution in [0.1, 0.15) is 11.1 Å². The maximum atomic E-state index is 6.13. The minimum Gasteiger partial charge on any atom is -0.398 e. The molecule has 0 radical (unpaired) electrons. The molecular formula is C16H15N3S. The van der Waals surface area contributed by atoms with Gasteiger partial charge in [0.1, 0.15) is 5.82 Å². The Hall–Kier alpha value is -2.07. The molecule has 0 spiro atoms. The number of pyridine rings is 1. The van der Waals surface area contributed by atoms with Crippen LogP contribution in [0.15, 0.2) is 41.9 Å². The fraction of sp³-hybridized carbons (Fsp3) is 0.188. The van der Waals surface area contributed by atoms with Crippen molar-refractivity contribution in [2.45, 2.75) is 13.0 Å². The maximum Gasteiger partial charge on any atom is 0.137 e. The van der Waals surface area contributed by atoms with E-state index in [4.69, 9.17) is 5.73 Å². The van der Waals surface area contributed by atoms with E-state index in [1.807, 2.05) is 18.3 Å². The standard InChI is InChI=1S/C16H15N3S/c17-14-3-1-2-11-5-8-19(10-13(11)14)16-12-6-9-20-15(12)4-7-18-16/h1-4,6-7,9H,5,8,10,17H2. The van der Waals surface area contributed by atoms with Crippen LogP contribution in [0.3, 0.4) is 0 Å². The molecule has 100 valence electrons. The second kappa shape index (κ2) is 4.49. The predicted octanol–water partition coefficient (Wildman–Crippen LogP) is 3.44. The van der Waals surface area contributed by atoms with Gasteiger partial charge in [0.2, 0.25) is 0 Å². The molecule has 4 heteroatoms. The number of anilines is 2. The second-order valence-electron chi connectivity index (χ2n) is 5.12. The molecule has 0 saturated heterocycles. The molecule has 0 saturated carbocycles. The van der Waals surface area contributed by atoms with Crippen LogP contribution in [0.25, 0.3) is 10.1 Å². The summed E-state index contributed by atoms with van der Waals surface area (Å²) in [6.07, 6.45) is 2.93. The second-order valence-corrected chi connectivity index (χ2v) is 6.07. The lowest BCUT2D eigenvalue weighted by atomic mass is 9.98. The van der Waals surface area contributed by atoms with E-state index < -0.39 is 0 Å². The average Bonchev–Trinajstić information content (AvgIpc) is 2.96. The zero-order valence-corrected chi connectivity index (χ0v) is 11.9. The molecule has 2 aromatic heterocycles. The molecule has 3 heterocycles. The monoisotopic (exact) mass is 281 g/mol. The summed E-state index contributed by atoms with van der Waals surface area (Å²) in [5.41, 5.74) is 9.65. The quantitative estimate of drug-likeness (QED) is 0.695. The van der Waals surface area contributed by atoms with Crippen molar-refractivity contribution < 1.29 is 0 Å². The fourth-order valence-corrected chi connectivity index (χ4v) is 3.70. The van der Waals surface area contributed by atoms with Gasteiger partial charge in [-0.3, -0.25) is 0 Å². The van der Waals surface area contributed by atoms with Crippen LogP contribution >= 0.6 is 11.3 Å². The Morgan fingerprint density at radius 2 is 2.15 bits per heavy atom. The number of nitrogens with two attached hydrogens (primary N) is 1. The van der Waals surface area contributed by atoms with Crippen LogP contribution in [0.5, 0.6) is 0 Å². The Kier molecular flexibility index (Phi) is 2.63. The maximum absolute atomic E-state index is 6.13. The minimum atomic E-state index is 0.851. The number of benzene rings is 1. The zero-order valence-electron chi connectivity index (χ0n) is 11.0. The van der Waals surface area contributed by atoms with Gasteiger partial charge in [-0.2, -0.15) is 0 Å². The van der Waals surface area contributed by atoms with E-state index in [0.717, 1.165) is 31.0 Å². The molecule has 0 atom stereocenters. The first-order chi connectivity index (χ1) is 9.83. The molecule has 3 aromatic rings. The van der Waals surface area contributed by atoms with Crippen molar-refractivity contribution in [3.05, 3.63) is 53.0 Å². The van der Waals surface area contributed by atoms with Gasteiger partial charge in [0.15, 0.2) is 0 Å². The van der Waals surface area contributed by atoms with Gasteiger partial charge in [-0.1, -0.05) is 12.1 Å². The summed E-state index contributed by atoms with van der Waals surface area (Å²) in [7, 11) is 0. The average molecular weight is 281 g/mol. The predicted molar refractivity (Wildman–Crippen MR) is 85.2 cm³/mol. The number of fused-ring (bicyclic) bond motifs is 2. The summed E-state index contributed by atoms with van der Waals surface area (Å²) in [6, 6.07) is 10.5. The third kappa shape index (κ3) is 1.76. The van der Waals surface area contributed by atoms with E-state index in [-0.39, 0.29) is 0 Å².